The molecule has 154 valence electrons. The summed E-state index contributed by atoms with van der Waals surface area (Å²) in [5.41, 5.74) is 0.607. The minimum Gasteiger partial charge on any atom is -0.370 e. The van der Waals surface area contributed by atoms with E-state index in [0.29, 0.717) is 18.7 Å². The van der Waals surface area contributed by atoms with Crippen LogP contribution in [-0.4, -0.2) is 63.9 Å². The molecule has 0 spiro atoms. The molecule has 0 bridgehead atoms. The van der Waals surface area contributed by atoms with Gasteiger partial charge in [-0.2, -0.15) is 0 Å². The number of carbonyl (C=O) groups is 2. The second-order valence-corrected chi connectivity index (χ2v) is 7.49. The predicted molar refractivity (Wildman–Crippen MR) is 104 cm³/mol. The van der Waals surface area contributed by atoms with Crippen molar-refractivity contribution in [3.8, 4) is 0 Å². The smallest absolute Gasteiger partial charge is 0.274 e. The van der Waals surface area contributed by atoms with E-state index in [9.17, 15) is 14.0 Å². The minimum absolute atomic E-state index is 0.0539. The first-order chi connectivity index (χ1) is 13.9. The SMILES string of the molecule is CC(C)CN1C[C@@H](OCc2ccccc2F)CN(C(=O)c2cnccn2)CC1=O. The maximum Gasteiger partial charge on any atom is 0.274 e. The molecule has 1 atom stereocenters. The highest BCUT2D eigenvalue weighted by molar-refractivity contribution is 5.95. The van der Waals surface area contributed by atoms with Crippen molar-refractivity contribution < 1.29 is 18.7 Å². The molecule has 3 rings (SSSR count). The first-order valence-electron chi connectivity index (χ1n) is 9.62. The van der Waals surface area contributed by atoms with E-state index >= 15 is 0 Å². The third-order valence-corrected chi connectivity index (χ3v) is 4.61. The number of rotatable bonds is 6. The van der Waals surface area contributed by atoms with Crippen LogP contribution in [0.4, 0.5) is 4.39 Å². The van der Waals surface area contributed by atoms with Gasteiger partial charge in [0, 0.05) is 37.6 Å². The van der Waals surface area contributed by atoms with E-state index in [1.165, 1.54) is 29.6 Å². The van der Waals surface area contributed by atoms with Crippen LogP contribution in [-0.2, 0) is 16.1 Å². The topological polar surface area (TPSA) is 75.6 Å². The molecule has 0 radical (unpaired) electrons. The zero-order valence-corrected chi connectivity index (χ0v) is 16.6. The van der Waals surface area contributed by atoms with Crippen LogP contribution in [0.25, 0.3) is 0 Å². The Morgan fingerprint density at radius 1 is 1.28 bits per heavy atom. The zero-order valence-electron chi connectivity index (χ0n) is 16.6. The van der Waals surface area contributed by atoms with Crippen molar-refractivity contribution in [2.45, 2.75) is 26.6 Å². The summed E-state index contributed by atoms with van der Waals surface area (Å²) >= 11 is 0. The van der Waals surface area contributed by atoms with Gasteiger partial charge in [-0.05, 0) is 12.0 Å². The second kappa shape index (κ2) is 9.56. The monoisotopic (exact) mass is 400 g/mol. The van der Waals surface area contributed by atoms with E-state index in [-0.39, 0.29) is 48.9 Å². The molecule has 1 saturated heterocycles. The van der Waals surface area contributed by atoms with Gasteiger partial charge < -0.3 is 14.5 Å². The zero-order chi connectivity index (χ0) is 20.8. The Hall–Kier alpha value is -2.87. The van der Waals surface area contributed by atoms with Crippen LogP contribution in [0.5, 0.6) is 0 Å². The normalized spacial score (nSPS) is 17.5. The van der Waals surface area contributed by atoms with Crippen molar-refractivity contribution >= 4 is 11.8 Å². The molecule has 8 heteroatoms. The van der Waals surface area contributed by atoms with Crippen molar-refractivity contribution in [1.82, 2.24) is 19.8 Å². The highest BCUT2D eigenvalue weighted by Gasteiger charge is 2.32. The first kappa shape index (κ1) is 20.9. The Balaban J connectivity index is 1.77. The lowest BCUT2D eigenvalue weighted by Gasteiger charge is -2.26. The lowest BCUT2D eigenvalue weighted by atomic mass is 10.2. The molecule has 1 fully saturated rings. The number of amides is 2. The average molecular weight is 400 g/mol. The number of ether oxygens (including phenoxy) is 1. The fourth-order valence-corrected chi connectivity index (χ4v) is 3.25. The van der Waals surface area contributed by atoms with Crippen LogP contribution in [0.1, 0.15) is 29.9 Å². The Bertz CT molecular complexity index is 847. The molecule has 1 aromatic carbocycles. The number of halogens is 1. The Kier molecular flexibility index (Phi) is 6.87. The van der Waals surface area contributed by atoms with Crippen molar-refractivity contribution in [2.24, 2.45) is 5.92 Å². The van der Waals surface area contributed by atoms with E-state index in [1.54, 1.807) is 23.1 Å². The summed E-state index contributed by atoms with van der Waals surface area (Å²) in [7, 11) is 0. The fourth-order valence-electron chi connectivity index (χ4n) is 3.25. The molecule has 1 aromatic heterocycles. The molecule has 1 aliphatic rings. The molecule has 0 saturated carbocycles. The van der Waals surface area contributed by atoms with Crippen LogP contribution in [0, 0.1) is 11.7 Å². The number of carbonyl (C=O) groups excluding carboxylic acids is 2. The highest BCUT2D eigenvalue weighted by Crippen LogP contribution is 2.15. The van der Waals surface area contributed by atoms with Crippen LogP contribution < -0.4 is 0 Å². The molecule has 2 heterocycles. The lowest BCUT2D eigenvalue weighted by molar-refractivity contribution is -0.132. The van der Waals surface area contributed by atoms with Crippen LogP contribution in [0.15, 0.2) is 42.9 Å². The number of hydrogen-bond donors (Lipinski definition) is 0. The molecule has 7 nitrogen and oxygen atoms in total. The Morgan fingerprint density at radius 2 is 2.07 bits per heavy atom. The summed E-state index contributed by atoms with van der Waals surface area (Å²) in [4.78, 5) is 36.7. The Labute approximate surface area is 169 Å². The third-order valence-electron chi connectivity index (χ3n) is 4.61. The minimum atomic E-state index is -0.444. The molecule has 2 amide bonds. The molecule has 0 aliphatic carbocycles. The average Bonchev–Trinajstić information content (AvgIpc) is 2.86. The van der Waals surface area contributed by atoms with E-state index in [0.717, 1.165) is 0 Å². The molecule has 2 aromatic rings. The largest absolute Gasteiger partial charge is 0.370 e. The second-order valence-electron chi connectivity index (χ2n) is 7.49. The standard InChI is InChI=1S/C21H25FN4O3/c1-15(2)10-25-11-17(29-14-16-5-3-4-6-18(16)22)12-26(13-20(25)27)21(28)19-9-23-7-8-24-19/h3-9,15,17H,10-14H2,1-2H3/t17-/m1/s1. The molecule has 1 aliphatic heterocycles. The van der Waals surface area contributed by atoms with Crippen LogP contribution in [0.2, 0.25) is 0 Å². The van der Waals surface area contributed by atoms with Gasteiger partial charge in [0.2, 0.25) is 5.91 Å². The van der Waals surface area contributed by atoms with Gasteiger partial charge in [-0.15, -0.1) is 0 Å². The molecule has 0 N–H and O–H groups in total. The summed E-state index contributed by atoms with van der Waals surface area (Å²) in [6.45, 7) is 5.17. The van der Waals surface area contributed by atoms with E-state index in [2.05, 4.69) is 9.97 Å². The predicted octanol–water partition coefficient (Wildman–Crippen LogP) is 2.14. The van der Waals surface area contributed by atoms with Gasteiger partial charge in [0.05, 0.1) is 18.9 Å². The summed E-state index contributed by atoms with van der Waals surface area (Å²) in [6, 6.07) is 6.40. The molecular formula is C21H25FN4O3. The van der Waals surface area contributed by atoms with Gasteiger partial charge in [0.1, 0.15) is 18.1 Å². The summed E-state index contributed by atoms with van der Waals surface area (Å²) < 4.78 is 19.9. The van der Waals surface area contributed by atoms with E-state index in [4.69, 9.17) is 4.74 Å². The molecule has 29 heavy (non-hydrogen) atoms. The van der Waals surface area contributed by atoms with Crippen molar-refractivity contribution in [2.75, 3.05) is 26.2 Å². The lowest BCUT2D eigenvalue weighted by Crippen LogP contribution is -2.40. The van der Waals surface area contributed by atoms with Gasteiger partial charge in [0.15, 0.2) is 0 Å². The number of hydrogen-bond acceptors (Lipinski definition) is 5. The summed E-state index contributed by atoms with van der Waals surface area (Å²) in [6.07, 6.45) is 3.85. The number of benzene rings is 1. The van der Waals surface area contributed by atoms with E-state index < -0.39 is 6.10 Å². The third kappa shape index (κ3) is 5.57. The first-order valence-corrected chi connectivity index (χ1v) is 9.62. The molecular weight excluding hydrogens is 375 g/mol. The summed E-state index contributed by atoms with van der Waals surface area (Å²) in [5.74, 6) is -0.595. The van der Waals surface area contributed by atoms with Gasteiger partial charge in [-0.1, -0.05) is 32.0 Å². The van der Waals surface area contributed by atoms with Gasteiger partial charge >= 0.3 is 0 Å². The quantitative estimate of drug-likeness (QED) is 0.743. The highest BCUT2D eigenvalue weighted by atomic mass is 19.1. The fraction of sp³-hybridized carbons (Fsp3) is 0.429. The Morgan fingerprint density at radius 3 is 2.76 bits per heavy atom. The summed E-state index contributed by atoms with van der Waals surface area (Å²) in [5, 5.41) is 0. The van der Waals surface area contributed by atoms with E-state index in [1.807, 2.05) is 13.8 Å². The number of nitrogens with zero attached hydrogens (tertiary/aromatic N) is 4. The van der Waals surface area contributed by atoms with Crippen molar-refractivity contribution in [1.29, 1.82) is 0 Å². The van der Waals surface area contributed by atoms with Crippen molar-refractivity contribution in [3.05, 3.63) is 59.9 Å². The maximum absolute atomic E-state index is 13.9. The number of aromatic nitrogens is 2. The molecule has 0 unspecified atom stereocenters. The van der Waals surface area contributed by atoms with Gasteiger partial charge in [-0.3, -0.25) is 14.6 Å². The van der Waals surface area contributed by atoms with Crippen molar-refractivity contribution in [3.63, 3.8) is 0 Å². The van der Waals surface area contributed by atoms with Crippen LogP contribution in [0.3, 0.4) is 0 Å². The van der Waals surface area contributed by atoms with Crippen LogP contribution >= 0.6 is 0 Å². The van der Waals surface area contributed by atoms with Gasteiger partial charge in [-0.25, -0.2) is 9.37 Å². The maximum atomic E-state index is 13.9. The van der Waals surface area contributed by atoms with Gasteiger partial charge in [0.25, 0.3) is 5.91 Å².